The van der Waals surface area contributed by atoms with E-state index in [0.29, 0.717) is 17.2 Å². The predicted octanol–water partition coefficient (Wildman–Crippen LogP) is 2.60. The monoisotopic (exact) mass is 436 g/mol. The quantitative estimate of drug-likeness (QED) is 0.615. The number of methoxy groups -OCH3 is 3. The molecule has 0 unspecified atom stereocenters. The van der Waals surface area contributed by atoms with Crippen LogP contribution in [0.2, 0.25) is 0 Å². The third-order valence-electron chi connectivity index (χ3n) is 4.65. The number of ether oxygens (including phenoxy) is 3. The van der Waals surface area contributed by atoms with Gasteiger partial charge in [-0.2, -0.15) is 4.31 Å². The molecular formula is C21H28N2O6S. The minimum absolute atomic E-state index is 0.103. The molecule has 0 fully saturated rings. The molecule has 0 heterocycles. The van der Waals surface area contributed by atoms with Gasteiger partial charge in [0.05, 0.1) is 38.8 Å². The Kier molecular flexibility index (Phi) is 8.08. The van der Waals surface area contributed by atoms with E-state index in [4.69, 9.17) is 14.2 Å². The molecule has 1 N–H and O–H groups in total. The fourth-order valence-corrected chi connectivity index (χ4v) is 4.32. The van der Waals surface area contributed by atoms with Gasteiger partial charge in [0.1, 0.15) is 5.75 Å². The number of nitrogens with zero attached hydrogens (tertiary/aromatic N) is 1. The van der Waals surface area contributed by atoms with Crippen LogP contribution in [0.15, 0.2) is 47.4 Å². The topological polar surface area (TPSA) is 94.2 Å². The Balaban J connectivity index is 2.10. The molecule has 0 aliphatic rings. The van der Waals surface area contributed by atoms with Crippen molar-refractivity contribution in [3.63, 3.8) is 0 Å². The summed E-state index contributed by atoms with van der Waals surface area (Å²) in [7, 11) is 0.778. The summed E-state index contributed by atoms with van der Waals surface area (Å²) in [5.41, 5.74) is 0.807. The summed E-state index contributed by atoms with van der Waals surface area (Å²) in [5.74, 6) is 1.28. The first kappa shape index (κ1) is 23.5. The highest BCUT2D eigenvalue weighted by Crippen LogP contribution is 2.30. The molecule has 0 aromatic heterocycles. The van der Waals surface area contributed by atoms with Crippen molar-refractivity contribution in [1.29, 1.82) is 0 Å². The van der Waals surface area contributed by atoms with Crippen LogP contribution in [0.3, 0.4) is 0 Å². The minimum Gasteiger partial charge on any atom is -0.497 e. The van der Waals surface area contributed by atoms with Crippen molar-refractivity contribution in [1.82, 2.24) is 9.62 Å². The van der Waals surface area contributed by atoms with Crippen LogP contribution in [0.5, 0.6) is 17.2 Å². The van der Waals surface area contributed by atoms with Crippen LogP contribution in [-0.2, 0) is 14.8 Å². The molecule has 1 atom stereocenters. The molecule has 0 aliphatic heterocycles. The van der Waals surface area contributed by atoms with Crippen LogP contribution in [0.25, 0.3) is 0 Å². The molecule has 1 amide bonds. The lowest BCUT2D eigenvalue weighted by molar-refractivity contribution is -0.121. The zero-order valence-electron chi connectivity index (χ0n) is 17.8. The SMILES string of the molecule is CCN(CC(=O)N[C@@H](C)c1ccc(OC)c(OC)c1)S(=O)(=O)c1ccc(OC)cc1. The number of carbonyl (C=O) groups is 1. The number of hydrogen-bond donors (Lipinski definition) is 1. The van der Waals surface area contributed by atoms with E-state index in [9.17, 15) is 13.2 Å². The van der Waals surface area contributed by atoms with E-state index < -0.39 is 15.9 Å². The van der Waals surface area contributed by atoms with Crippen molar-refractivity contribution in [2.24, 2.45) is 0 Å². The molecule has 2 aromatic carbocycles. The summed E-state index contributed by atoms with van der Waals surface area (Å²) in [6.45, 7) is 3.37. The Morgan fingerprint density at radius 2 is 1.63 bits per heavy atom. The number of carbonyl (C=O) groups excluding carboxylic acids is 1. The van der Waals surface area contributed by atoms with Crippen molar-refractivity contribution in [2.45, 2.75) is 24.8 Å². The standard InChI is InChI=1S/C21H28N2O6S/c1-6-23(30(25,26)18-10-8-17(27-3)9-11-18)14-21(24)22-15(2)16-7-12-19(28-4)20(13-16)29-5/h7-13,15H,6,14H2,1-5H3,(H,22,24)/t15-/m0/s1. The molecule has 0 radical (unpaired) electrons. The third kappa shape index (κ3) is 5.43. The number of likely N-dealkylation sites (N-methyl/N-ethyl adjacent to an activating group) is 1. The van der Waals surface area contributed by atoms with Gasteiger partial charge < -0.3 is 19.5 Å². The minimum atomic E-state index is -3.81. The van der Waals surface area contributed by atoms with Crippen molar-refractivity contribution >= 4 is 15.9 Å². The zero-order chi connectivity index (χ0) is 22.3. The Labute approximate surface area is 177 Å². The van der Waals surface area contributed by atoms with E-state index in [2.05, 4.69) is 5.32 Å². The highest BCUT2D eigenvalue weighted by Gasteiger charge is 2.26. The average molecular weight is 437 g/mol. The van der Waals surface area contributed by atoms with Gasteiger partial charge >= 0.3 is 0 Å². The van der Waals surface area contributed by atoms with E-state index in [1.807, 2.05) is 13.0 Å². The summed E-state index contributed by atoms with van der Waals surface area (Å²) < 4.78 is 42.5. The van der Waals surface area contributed by atoms with Gasteiger partial charge in [0.25, 0.3) is 0 Å². The maximum atomic E-state index is 12.9. The summed E-state index contributed by atoms with van der Waals surface area (Å²) in [5, 5.41) is 2.83. The third-order valence-corrected chi connectivity index (χ3v) is 6.59. The van der Waals surface area contributed by atoms with E-state index in [0.717, 1.165) is 9.87 Å². The van der Waals surface area contributed by atoms with Crippen molar-refractivity contribution in [3.8, 4) is 17.2 Å². The largest absolute Gasteiger partial charge is 0.497 e. The van der Waals surface area contributed by atoms with Crippen molar-refractivity contribution in [2.75, 3.05) is 34.4 Å². The van der Waals surface area contributed by atoms with Gasteiger partial charge in [-0.05, 0) is 48.9 Å². The Morgan fingerprint density at radius 1 is 1.00 bits per heavy atom. The number of nitrogens with one attached hydrogen (secondary N) is 1. The molecule has 0 saturated carbocycles. The second kappa shape index (κ2) is 10.3. The zero-order valence-corrected chi connectivity index (χ0v) is 18.7. The summed E-state index contributed by atoms with van der Waals surface area (Å²) in [4.78, 5) is 12.7. The fourth-order valence-electron chi connectivity index (χ4n) is 2.92. The van der Waals surface area contributed by atoms with Gasteiger partial charge in [-0.15, -0.1) is 0 Å². The lowest BCUT2D eigenvalue weighted by Crippen LogP contribution is -2.41. The fraction of sp³-hybridized carbons (Fsp3) is 0.381. The van der Waals surface area contributed by atoms with E-state index in [1.54, 1.807) is 38.3 Å². The Morgan fingerprint density at radius 3 is 2.17 bits per heavy atom. The van der Waals surface area contributed by atoms with Crippen LogP contribution < -0.4 is 19.5 Å². The molecule has 2 aromatic rings. The summed E-state index contributed by atoms with van der Waals surface area (Å²) in [6.07, 6.45) is 0. The van der Waals surface area contributed by atoms with Crippen LogP contribution in [0.4, 0.5) is 0 Å². The smallest absolute Gasteiger partial charge is 0.243 e. The molecule has 30 heavy (non-hydrogen) atoms. The predicted molar refractivity (Wildman–Crippen MR) is 114 cm³/mol. The van der Waals surface area contributed by atoms with Crippen LogP contribution >= 0.6 is 0 Å². The molecule has 0 aliphatic carbocycles. The number of rotatable bonds is 10. The van der Waals surface area contributed by atoms with Gasteiger partial charge in [-0.25, -0.2) is 8.42 Å². The highest BCUT2D eigenvalue weighted by molar-refractivity contribution is 7.89. The van der Waals surface area contributed by atoms with E-state index in [1.165, 1.54) is 26.4 Å². The second-order valence-electron chi connectivity index (χ2n) is 6.51. The second-order valence-corrected chi connectivity index (χ2v) is 8.45. The maximum absolute atomic E-state index is 12.9. The Hall–Kier alpha value is -2.78. The number of amides is 1. The van der Waals surface area contributed by atoms with Crippen LogP contribution in [-0.4, -0.2) is 53.0 Å². The first-order valence-corrected chi connectivity index (χ1v) is 10.9. The molecule has 0 bridgehead atoms. The summed E-state index contributed by atoms with van der Waals surface area (Å²) in [6, 6.07) is 11.1. The molecular weight excluding hydrogens is 408 g/mol. The lowest BCUT2D eigenvalue weighted by atomic mass is 10.1. The van der Waals surface area contributed by atoms with Crippen LogP contribution in [0.1, 0.15) is 25.5 Å². The van der Waals surface area contributed by atoms with E-state index >= 15 is 0 Å². The Bertz CT molecular complexity index is 960. The van der Waals surface area contributed by atoms with Crippen LogP contribution in [0, 0.1) is 0 Å². The van der Waals surface area contributed by atoms with E-state index in [-0.39, 0.29) is 24.0 Å². The van der Waals surface area contributed by atoms with Gasteiger partial charge in [-0.3, -0.25) is 4.79 Å². The molecule has 164 valence electrons. The average Bonchev–Trinajstić information content (AvgIpc) is 2.76. The van der Waals surface area contributed by atoms with Crippen molar-refractivity contribution in [3.05, 3.63) is 48.0 Å². The number of hydrogen-bond acceptors (Lipinski definition) is 6. The molecule has 0 saturated heterocycles. The maximum Gasteiger partial charge on any atom is 0.243 e. The first-order chi connectivity index (χ1) is 14.3. The highest BCUT2D eigenvalue weighted by atomic mass is 32.2. The van der Waals surface area contributed by atoms with Gasteiger partial charge in [0.2, 0.25) is 15.9 Å². The van der Waals surface area contributed by atoms with Gasteiger partial charge in [0, 0.05) is 6.54 Å². The van der Waals surface area contributed by atoms with Crippen molar-refractivity contribution < 1.29 is 27.4 Å². The lowest BCUT2D eigenvalue weighted by Gasteiger charge is -2.22. The first-order valence-electron chi connectivity index (χ1n) is 9.42. The summed E-state index contributed by atoms with van der Waals surface area (Å²) >= 11 is 0. The van der Waals surface area contributed by atoms with Gasteiger partial charge in [-0.1, -0.05) is 13.0 Å². The van der Waals surface area contributed by atoms with Gasteiger partial charge in [0.15, 0.2) is 11.5 Å². The number of sulfonamides is 1. The molecule has 9 heteroatoms. The normalized spacial score (nSPS) is 12.3. The molecule has 2 rings (SSSR count). The molecule has 8 nitrogen and oxygen atoms in total. The number of benzene rings is 2. The molecule has 0 spiro atoms.